The summed E-state index contributed by atoms with van der Waals surface area (Å²) >= 11 is 12.0. The van der Waals surface area contributed by atoms with Crippen molar-refractivity contribution >= 4 is 34.9 Å². The fourth-order valence-electron chi connectivity index (χ4n) is 2.87. The van der Waals surface area contributed by atoms with E-state index in [1.165, 1.54) is 11.1 Å². The number of carbonyl (C=O) groups is 1. The molecule has 3 rings (SSSR count). The van der Waals surface area contributed by atoms with Crippen molar-refractivity contribution in [2.75, 3.05) is 12.4 Å². The van der Waals surface area contributed by atoms with E-state index in [0.717, 1.165) is 12.8 Å². The molecule has 0 fully saturated rings. The Morgan fingerprint density at radius 2 is 2.00 bits per heavy atom. The monoisotopic (exact) mass is 334 g/mol. The Kier molecular flexibility index (Phi) is 4.27. The molecular formula is C17H16Cl2N2O. The third-order valence-electron chi connectivity index (χ3n) is 4.06. The Morgan fingerprint density at radius 3 is 2.77 bits per heavy atom. The van der Waals surface area contributed by atoms with Gasteiger partial charge in [-0.3, -0.25) is 0 Å². The van der Waals surface area contributed by atoms with Crippen LogP contribution in [0.5, 0.6) is 0 Å². The van der Waals surface area contributed by atoms with Crippen molar-refractivity contribution in [3.05, 3.63) is 63.6 Å². The van der Waals surface area contributed by atoms with Crippen LogP contribution in [0.4, 0.5) is 10.5 Å². The average Bonchev–Trinajstić information content (AvgIpc) is 2.93. The van der Waals surface area contributed by atoms with E-state index >= 15 is 0 Å². The molecule has 0 saturated heterocycles. The number of carbonyl (C=O) groups excluding carboxylic acids is 1. The summed E-state index contributed by atoms with van der Waals surface area (Å²) in [6.07, 6.45) is 1.94. The lowest BCUT2D eigenvalue weighted by Crippen LogP contribution is -2.34. The topological polar surface area (TPSA) is 32.3 Å². The van der Waals surface area contributed by atoms with Gasteiger partial charge < -0.3 is 10.2 Å². The van der Waals surface area contributed by atoms with Gasteiger partial charge in [0.25, 0.3) is 0 Å². The molecule has 0 saturated carbocycles. The molecule has 22 heavy (non-hydrogen) atoms. The van der Waals surface area contributed by atoms with E-state index < -0.39 is 0 Å². The fraction of sp³-hybridized carbons (Fsp3) is 0.235. The van der Waals surface area contributed by atoms with Crippen LogP contribution in [0, 0.1) is 0 Å². The highest BCUT2D eigenvalue weighted by atomic mass is 35.5. The van der Waals surface area contributed by atoms with Gasteiger partial charge >= 0.3 is 6.03 Å². The third-order valence-corrected chi connectivity index (χ3v) is 4.61. The Hall–Kier alpha value is -1.71. The van der Waals surface area contributed by atoms with Gasteiger partial charge in [-0.15, -0.1) is 0 Å². The van der Waals surface area contributed by atoms with E-state index in [-0.39, 0.29) is 12.1 Å². The fourth-order valence-corrected chi connectivity index (χ4v) is 3.33. The number of hydrogen-bond donors (Lipinski definition) is 1. The summed E-state index contributed by atoms with van der Waals surface area (Å²) in [6.45, 7) is 0. The van der Waals surface area contributed by atoms with Crippen LogP contribution in [0.15, 0.2) is 42.5 Å². The van der Waals surface area contributed by atoms with Gasteiger partial charge in [0.2, 0.25) is 0 Å². The molecular weight excluding hydrogens is 319 g/mol. The second kappa shape index (κ2) is 6.19. The summed E-state index contributed by atoms with van der Waals surface area (Å²) in [5.74, 6) is 0. The standard InChI is InChI=1S/C17H16Cl2N2O/c1-21(16-9-6-11-4-2-3-5-13(11)16)17(22)20-15-8-7-12(18)10-14(15)19/h2-5,7-8,10,16H,6,9H2,1H3,(H,20,22). The van der Waals surface area contributed by atoms with Crippen molar-refractivity contribution in [3.63, 3.8) is 0 Å². The van der Waals surface area contributed by atoms with Crippen molar-refractivity contribution in [2.24, 2.45) is 0 Å². The number of amides is 2. The zero-order valence-electron chi connectivity index (χ0n) is 12.1. The van der Waals surface area contributed by atoms with Gasteiger partial charge in [-0.2, -0.15) is 0 Å². The first kappa shape index (κ1) is 15.2. The molecule has 0 spiro atoms. The molecule has 2 aromatic carbocycles. The quantitative estimate of drug-likeness (QED) is 0.809. The molecule has 0 radical (unpaired) electrons. The molecule has 5 heteroatoms. The van der Waals surface area contributed by atoms with Gasteiger partial charge in [-0.05, 0) is 42.2 Å². The Bertz CT molecular complexity index is 718. The summed E-state index contributed by atoms with van der Waals surface area (Å²) in [5.41, 5.74) is 3.10. The molecule has 1 unspecified atom stereocenters. The van der Waals surface area contributed by atoms with Crippen molar-refractivity contribution < 1.29 is 4.79 Å². The maximum Gasteiger partial charge on any atom is 0.322 e. The number of benzene rings is 2. The Labute approximate surface area is 139 Å². The van der Waals surface area contributed by atoms with Crippen LogP contribution < -0.4 is 5.32 Å². The predicted molar refractivity (Wildman–Crippen MR) is 90.7 cm³/mol. The molecule has 2 amide bonds. The van der Waals surface area contributed by atoms with E-state index in [9.17, 15) is 4.79 Å². The van der Waals surface area contributed by atoms with Crippen LogP contribution >= 0.6 is 23.2 Å². The number of nitrogens with zero attached hydrogens (tertiary/aromatic N) is 1. The molecule has 2 aromatic rings. The lowest BCUT2D eigenvalue weighted by molar-refractivity contribution is 0.204. The molecule has 1 atom stereocenters. The van der Waals surface area contributed by atoms with E-state index in [1.54, 1.807) is 23.1 Å². The van der Waals surface area contributed by atoms with Gasteiger partial charge in [-0.1, -0.05) is 47.5 Å². The molecule has 3 nitrogen and oxygen atoms in total. The zero-order valence-corrected chi connectivity index (χ0v) is 13.7. The minimum absolute atomic E-state index is 0.0993. The first-order chi connectivity index (χ1) is 10.6. The molecule has 1 N–H and O–H groups in total. The van der Waals surface area contributed by atoms with E-state index in [0.29, 0.717) is 15.7 Å². The largest absolute Gasteiger partial charge is 0.322 e. The second-order valence-electron chi connectivity index (χ2n) is 5.42. The van der Waals surface area contributed by atoms with Crippen LogP contribution in [0.25, 0.3) is 0 Å². The number of aryl methyl sites for hydroxylation is 1. The van der Waals surface area contributed by atoms with Crippen LogP contribution in [0.1, 0.15) is 23.6 Å². The number of hydrogen-bond acceptors (Lipinski definition) is 1. The molecule has 0 aliphatic heterocycles. The highest BCUT2D eigenvalue weighted by Crippen LogP contribution is 2.35. The number of anilines is 1. The van der Waals surface area contributed by atoms with Crippen molar-refractivity contribution in [2.45, 2.75) is 18.9 Å². The van der Waals surface area contributed by atoms with Gasteiger partial charge in [0.15, 0.2) is 0 Å². The maximum absolute atomic E-state index is 12.5. The number of fused-ring (bicyclic) bond motifs is 1. The molecule has 1 aliphatic rings. The lowest BCUT2D eigenvalue weighted by Gasteiger charge is -2.26. The number of halogens is 2. The van der Waals surface area contributed by atoms with Gasteiger partial charge in [0.1, 0.15) is 0 Å². The first-order valence-electron chi connectivity index (χ1n) is 7.13. The summed E-state index contributed by atoms with van der Waals surface area (Å²) < 4.78 is 0. The average molecular weight is 335 g/mol. The van der Waals surface area contributed by atoms with E-state index in [2.05, 4.69) is 17.4 Å². The highest BCUT2D eigenvalue weighted by Gasteiger charge is 2.28. The van der Waals surface area contributed by atoms with Crippen LogP contribution in [0.3, 0.4) is 0 Å². The van der Waals surface area contributed by atoms with Gasteiger partial charge in [-0.25, -0.2) is 4.79 Å². The molecule has 1 aliphatic carbocycles. The third kappa shape index (κ3) is 2.92. The molecule has 114 valence electrons. The van der Waals surface area contributed by atoms with Gasteiger partial charge in [0.05, 0.1) is 16.8 Å². The van der Waals surface area contributed by atoms with Crippen LogP contribution in [-0.2, 0) is 6.42 Å². The zero-order chi connectivity index (χ0) is 15.7. The van der Waals surface area contributed by atoms with Gasteiger partial charge in [0, 0.05) is 12.1 Å². The smallest absolute Gasteiger partial charge is 0.321 e. The number of urea groups is 1. The molecule has 0 bridgehead atoms. The van der Waals surface area contributed by atoms with Crippen LogP contribution in [0.2, 0.25) is 10.0 Å². The second-order valence-corrected chi connectivity index (χ2v) is 6.26. The Balaban J connectivity index is 1.76. The SMILES string of the molecule is CN(C(=O)Nc1ccc(Cl)cc1Cl)C1CCc2ccccc21. The summed E-state index contributed by atoms with van der Waals surface area (Å²) in [6, 6.07) is 13.2. The lowest BCUT2D eigenvalue weighted by atomic mass is 10.1. The normalized spacial score (nSPS) is 16.2. The van der Waals surface area contributed by atoms with E-state index in [1.807, 2.05) is 19.2 Å². The minimum atomic E-state index is -0.175. The Morgan fingerprint density at radius 1 is 1.23 bits per heavy atom. The molecule has 0 aromatic heterocycles. The van der Waals surface area contributed by atoms with Crippen molar-refractivity contribution in [3.8, 4) is 0 Å². The highest BCUT2D eigenvalue weighted by molar-refractivity contribution is 6.36. The predicted octanol–water partition coefficient (Wildman–Crippen LogP) is 5.14. The number of rotatable bonds is 2. The summed E-state index contributed by atoms with van der Waals surface area (Å²) in [5, 5.41) is 3.82. The first-order valence-corrected chi connectivity index (χ1v) is 7.88. The summed E-state index contributed by atoms with van der Waals surface area (Å²) in [4.78, 5) is 14.2. The maximum atomic E-state index is 12.5. The number of nitrogens with one attached hydrogen (secondary N) is 1. The van der Waals surface area contributed by atoms with Crippen LogP contribution in [-0.4, -0.2) is 18.0 Å². The van der Waals surface area contributed by atoms with E-state index in [4.69, 9.17) is 23.2 Å². The van der Waals surface area contributed by atoms with Crippen molar-refractivity contribution in [1.29, 1.82) is 0 Å². The van der Waals surface area contributed by atoms with Crippen molar-refractivity contribution in [1.82, 2.24) is 4.90 Å². The minimum Gasteiger partial charge on any atom is -0.321 e. The summed E-state index contributed by atoms with van der Waals surface area (Å²) in [7, 11) is 1.81. The molecule has 0 heterocycles.